The molecule has 2 N–H and O–H groups in total. The molecule has 0 bridgehead atoms. The molecule has 0 spiro atoms. The second-order valence-corrected chi connectivity index (χ2v) is 3.58. The summed E-state index contributed by atoms with van der Waals surface area (Å²) in [6, 6.07) is 6.06. The smallest absolute Gasteiger partial charge is 0.337 e. The van der Waals surface area contributed by atoms with Crippen LogP contribution in [-0.2, 0) is 4.74 Å². The molecule has 2 atom stereocenters. The lowest BCUT2D eigenvalue weighted by atomic mass is 9.98. The number of aryl methyl sites for hydroxylation is 1. The predicted molar refractivity (Wildman–Crippen MR) is 59.1 cm³/mol. The number of aliphatic hydroxyl groups is 2. The van der Waals surface area contributed by atoms with Crippen molar-refractivity contribution in [1.82, 2.24) is 0 Å². The first-order valence-electron chi connectivity index (χ1n) is 4.96. The van der Waals surface area contributed by atoms with Crippen LogP contribution < -0.4 is 0 Å². The maximum absolute atomic E-state index is 11.3. The Bertz CT molecular complexity index is 464. The van der Waals surface area contributed by atoms with Gasteiger partial charge < -0.3 is 14.9 Å². The van der Waals surface area contributed by atoms with E-state index in [-0.39, 0.29) is 0 Å². The van der Waals surface area contributed by atoms with Crippen LogP contribution in [0.3, 0.4) is 0 Å². The third-order valence-corrected chi connectivity index (χ3v) is 2.44. The van der Waals surface area contributed by atoms with E-state index >= 15 is 0 Å². The van der Waals surface area contributed by atoms with Gasteiger partial charge in [-0.2, -0.15) is 5.26 Å². The number of rotatable bonds is 3. The Kier molecular flexibility index (Phi) is 4.21. The molecule has 1 aromatic rings. The zero-order chi connectivity index (χ0) is 13.0. The molecule has 1 rings (SSSR count). The average molecular weight is 235 g/mol. The zero-order valence-electron chi connectivity index (χ0n) is 9.54. The molecule has 0 aliphatic rings. The van der Waals surface area contributed by atoms with Crippen molar-refractivity contribution in [3.8, 4) is 6.07 Å². The van der Waals surface area contributed by atoms with Crippen molar-refractivity contribution in [2.45, 2.75) is 19.1 Å². The molecule has 0 aliphatic carbocycles. The Labute approximate surface area is 98.9 Å². The Morgan fingerprint density at radius 3 is 2.59 bits per heavy atom. The van der Waals surface area contributed by atoms with Crippen molar-refractivity contribution in [2.75, 3.05) is 7.11 Å². The van der Waals surface area contributed by atoms with Gasteiger partial charge in [-0.05, 0) is 30.2 Å². The summed E-state index contributed by atoms with van der Waals surface area (Å²) in [6.07, 6.45) is -2.77. The largest absolute Gasteiger partial charge is 0.465 e. The first kappa shape index (κ1) is 13.2. The van der Waals surface area contributed by atoms with Crippen molar-refractivity contribution < 1.29 is 19.7 Å². The Balaban J connectivity index is 3.06. The van der Waals surface area contributed by atoms with Crippen molar-refractivity contribution in [1.29, 1.82) is 5.26 Å². The van der Waals surface area contributed by atoms with E-state index in [1.54, 1.807) is 13.0 Å². The maximum atomic E-state index is 11.3. The van der Waals surface area contributed by atoms with Crippen molar-refractivity contribution in [2.24, 2.45) is 0 Å². The monoisotopic (exact) mass is 235 g/mol. The van der Waals surface area contributed by atoms with Crippen LogP contribution in [0.4, 0.5) is 0 Å². The van der Waals surface area contributed by atoms with E-state index in [1.165, 1.54) is 25.3 Å². The molecule has 1 aromatic carbocycles. The van der Waals surface area contributed by atoms with Crippen LogP contribution >= 0.6 is 0 Å². The van der Waals surface area contributed by atoms with Crippen molar-refractivity contribution in [3.05, 3.63) is 34.9 Å². The molecular formula is C12H13NO4. The number of esters is 1. The molecule has 0 radical (unpaired) electrons. The number of hydrogen-bond donors (Lipinski definition) is 2. The number of benzene rings is 1. The molecule has 90 valence electrons. The van der Waals surface area contributed by atoms with E-state index in [1.807, 2.05) is 0 Å². The van der Waals surface area contributed by atoms with Crippen LogP contribution in [0.25, 0.3) is 0 Å². The second-order valence-electron chi connectivity index (χ2n) is 3.58. The molecule has 0 saturated heterocycles. The number of nitrogens with zero attached hydrogens (tertiary/aromatic N) is 1. The Morgan fingerprint density at radius 1 is 1.47 bits per heavy atom. The highest BCUT2D eigenvalue weighted by molar-refractivity contribution is 5.89. The first-order valence-corrected chi connectivity index (χ1v) is 4.96. The van der Waals surface area contributed by atoms with Gasteiger partial charge in [0.25, 0.3) is 0 Å². The van der Waals surface area contributed by atoms with Gasteiger partial charge in [-0.1, -0.05) is 6.07 Å². The average Bonchev–Trinajstić information content (AvgIpc) is 2.35. The van der Waals surface area contributed by atoms with Crippen LogP contribution in [0.2, 0.25) is 0 Å². The topological polar surface area (TPSA) is 90.6 Å². The van der Waals surface area contributed by atoms with Crippen LogP contribution in [0.5, 0.6) is 0 Å². The van der Waals surface area contributed by atoms with Gasteiger partial charge in [-0.3, -0.25) is 0 Å². The lowest BCUT2D eigenvalue weighted by Crippen LogP contribution is -2.17. The molecule has 0 heterocycles. The van der Waals surface area contributed by atoms with Gasteiger partial charge in [0, 0.05) is 0 Å². The molecule has 0 aromatic heterocycles. The summed E-state index contributed by atoms with van der Waals surface area (Å²) in [6.45, 7) is 1.68. The van der Waals surface area contributed by atoms with Gasteiger partial charge in [0.15, 0.2) is 6.10 Å². The summed E-state index contributed by atoms with van der Waals surface area (Å²) in [5.74, 6) is -0.477. The van der Waals surface area contributed by atoms with Crippen LogP contribution in [0, 0.1) is 18.3 Å². The fourth-order valence-electron chi connectivity index (χ4n) is 1.49. The highest BCUT2D eigenvalue weighted by Gasteiger charge is 2.20. The molecule has 5 heteroatoms. The van der Waals surface area contributed by atoms with E-state index in [9.17, 15) is 15.0 Å². The Morgan fingerprint density at radius 2 is 2.12 bits per heavy atom. The summed E-state index contributed by atoms with van der Waals surface area (Å²) in [7, 11) is 1.28. The van der Waals surface area contributed by atoms with Gasteiger partial charge in [0.1, 0.15) is 6.10 Å². The molecule has 0 fully saturated rings. The number of ether oxygens (including phenoxy) is 1. The molecular weight excluding hydrogens is 222 g/mol. The quantitative estimate of drug-likeness (QED) is 0.594. The standard InChI is InChI=1S/C12H13NO4/c1-7-5-8(12(16)17-2)3-4-9(7)11(15)10(14)6-13/h3-5,10-11,14-15H,1-2H3. The van der Waals surface area contributed by atoms with Gasteiger partial charge in [0.05, 0.1) is 18.7 Å². The highest BCUT2D eigenvalue weighted by Crippen LogP contribution is 2.22. The minimum absolute atomic E-state index is 0.354. The minimum Gasteiger partial charge on any atom is -0.465 e. The minimum atomic E-state index is -1.49. The Hall–Kier alpha value is -1.90. The summed E-state index contributed by atoms with van der Waals surface area (Å²) in [5, 5.41) is 27.4. The second kappa shape index (κ2) is 5.43. The molecule has 2 unspecified atom stereocenters. The lowest BCUT2D eigenvalue weighted by molar-refractivity contribution is 0.0522. The fourth-order valence-corrected chi connectivity index (χ4v) is 1.49. The predicted octanol–water partition coefficient (Wildman–Crippen LogP) is 0.699. The molecule has 5 nitrogen and oxygen atoms in total. The van der Waals surface area contributed by atoms with Crippen LogP contribution in [-0.4, -0.2) is 29.4 Å². The van der Waals surface area contributed by atoms with Gasteiger partial charge in [0.2, 0.25) is 0 Å². The zero-order valence-corrected chi connectivity index (χ0v) is 9.54. The van der Waals surface area contributed by atoms with E-state index in [4.69, 9.17) is 5.26 Å². The molecule has 0 aliphatic heterocycles. The molecule has 0 saturated carbocycles. The number of carbonyl (C=O) groups is 1. The number of hydrogen-bond acceptors (Lipinski definition) is 5. The number of aliphatic hydroxyl groups excluding tert-OH is 2. The summed E-state index contributed by atoms with van der Waals surface area (Å²) < 4.78 is 4.56. The SMILES string of the molecule is COC(=O)c1ccc(C(O)C(O)C#N)c(C)c1. The number of carbonyl (C=O) groups excluding carboxylic acids is 1. The molecule has 0 amide bonds. The lowest BCUT2D eigenvalue weighted by Gasteiger charge is -2.15. The van der Waals surface area contributed by atoms with E-state index in [2.05, 4.69) is 4.74 Å². The third-order valence-electron chi connectivity index (χ3n) is 2.44. The summed E-state index contributed by atoms with van der Waals surface area (Å²) in [4.78, 5) is 11.3. The molecule has 17 heavy (non-hydrogen) atoms. The van der Waals surface area contributed by atoms with Gasteiger partial charge in [-0.15, -0.1) is 0 Å². The van der Waals surface area contributed by atoms with E-state index in [0.29, 0.717) is 16.7 Å². The first-order chi connectivity index (χ1) is 8.01. The highest BCUT2D eigenvalue weighted by atomic mass is 16.5. The van der Waals surface area contributed by atoms with Gasteiger partial charge in [-0.25, -0.2) is 4.79 Å². The van der Waals surface area contributed by atoms with Gasteiger partial charge >= 0.3 is 5.97 Å². The van der Waals surface area contributed by atoms with Crippen molar-refractivity contribution >= 4 is 5.97 Å². The van der Waals surface area contributed by atoms with Crippen LogP contribution in [0.1, 0.15) is 27.6 Å². The van der Waals surface area contributed by atoms with Crippen molar-refractivity contribution in [3.63, 3.8) is 0 Å². The summed E-state index contributed by atoms with van der Waals surface area (Å²) >= 11 is 0. The number of nitriles is 1. The van der Waals surface area contributed by atoms with E-state index in [0.717, 1.165) is 0 Å². The maximum Gasteiger partial charge on any atom is 0.337 e. The fraction of sp³-hybridized carbons (Fsp3) is 0.333. The van der Waals surface area contributed by atoms with E-state index < -0.39 is 18.2 Å². The number of methoxy groups -OCH3 is 1. The summed E-state index contributed by atoms with van der Waals surface area (Å²) in [5.41, 5.74) is 1.37. The van der Waals surface area contributed by atoms with Crippen LogP contribution in [0.15, 0.2) is 18.2 Å². The normalized spacial score (nSPS) is 13.6. The third kappa shape index (κ3) is 2.81.